The van der Waals surface area contributed by atoms with Gasteiger partial charge in [-0.1, -0.05) is 60.7 Å². The smallest absolute Gasteiger partial charge is 0.217 e. The highest BCUT2D eigenvalue weighted by atomic mass is 16.3. The number of fused-ring (bicyclic) bond motifs is 2. The minimum absolute atomic E-state index is 0.0194. The molecule has 0 bridgehead atoms. The topological polar surface area (TPSA) is 136 Å². The molecule has 0 radical (unpaired) electrons. The molecule has 2 aliphatic heterocycles. The minimum Gasteiger partial charge on any atom is -0.385 e. The fourth-order valence-electron chi connectivity index (χ4n) is 5.59. The molecular weight excluding hydrogens is 508 g/mol. The molecule has 2 saturated carbocycles. The molecule has 4 aromatic rings. The lowest BCUT2D eigenvalue weighted by Crippen LogP contribution is -2.10. The average Bonchev–Trinajstić information content (AvgIpc) is 3.87. The summed E-state index contributed by atoms with van der Waals surface area (Å²) in [6.07, 6.45) is 3.60. The first-order valence-corrected chi connectivity index (χ1v) is 13.9. The Morgan fingerprint density at radius 3 is 1.35 bits per heavy atom. The number of rotatable bonds is 6. The summed E-state index contributed by atoms with van der Waals surface area (Å²) in [6.45, 7) is 0. The number of carbonyl (C=O) groups is 2. The van der Waals surface area contributed by atoms with Gasteiger partial charge in [0, 0.05) is 24.7 Å². The van der Waals surface area contributed by atoms with Gasteiger partial charge in [0.05, 0.1) is 12.1 Å². The Morgan fingerprint density at radius 1 is 0.625 bits per heavy atom. The highest BCUT2D eigenvalue weighted by Gasteiger charge is 2.40. The van der Waals surface area contributed by atoms with Crippen LogP contribution in [0.25, 0.3) is 0 Å². The number of hydrogen-bond acceptors (Lipinski definition) is 8. The van der Waals surface area contributed by atoms with E-state index in [2.05, 4.69) is 20.2 Å². The molecule has 4 aliphatic rings. The van der Waals surface area contributed by atoms with E-state index in [0.717, 1.165) is 36.8 Å². The molecule has 4 atom stereocenters. The van der Waals surface area contributed by atoms with E-state index in [-0.39, 0.29) is 47.1 Å². The van der Waals surface area contributed by atoms with Crippen LogP contribution in [0, 0.1) is 11.8 Å². The lowest BCUT2D eigenvalue weighted by atomic mass is 10.0. The van der Waals surface area contributed by atoms with Crippen LogP contribution in [0.5, 0.6) is 0 Å². The normalized spacial score (nSPS) is 24.6. The number of aliphatic hydroxyl groups excluding tert-OH is 2. The Hall–Kier alpha value is -4.02. The zero-order valence-corrected chi connectivity index (χ0v) is 21.9. The van der Waals surface area contributed by atoms with Gasteiger partial charge in [-0.2, -0.15) is 0 Å². The molecule has 2 fully saturated rings. The van der Waals surface area contributed by atoms with Gasteiger partial charge in [-0.25, -0.2) is 19.3 Å². The van der Waals surface area contributed by atoms with Crippen LogP contribution in [0.2, 0.25) is 0 Å². The summed E-state index contributed by atoms with van der Waals surface area (Å²) in [4.78, 5) is 32.6. The molecule has 2 aliphatic carbocycles. The van der Waals surface area contributed by atoms with Crippen molar-refractivity contribution in [2.24, 2.45) is 11.8 Å². The number of benzene rings is 2. The van der Waals surface area contributed by atoms with Crippen molar-refractivity contribution in [1.29, 1.82) is 0 Å². The van der Waals surface area contributed by atoms with Crippen molar-refractivity contribution in [3.63, 3.8) is 0 Å². The maximum Gasteiger partial charge on any atom is 0.217 e. The lowest BCUT2D eigenvalue weighted by Gasteiger charge is -2.11. The van der Waals surface area contributed by atoms with E-state index in [1.165, 1.54) is 0 Å². The van der Waals surface area contributed by atoms with Gasteiger partial charge in [0.25, 0.3) is 0 Å². The molecule has 204 valence electrons. The predicted octanol–water partition coefficient (Wildman–Crippen LogP) is 3.79. The molecule has 0 saturated heterocycles. The van der Waals surface area contributed by atoms with Gasteiger partial charge in [-0.3, -0.25) is 9.59 Å². The zero-order chi connectivity index (χ0) is 27.4. The zero-order valence-electron chi connectivity index (χ0n) is 21.9. The standard InChI is InChI=1S/2C15H15N3O2/c2*19-12-8-11(9-4-2-1-3-5-9)18-15(12)16-14(17-18)13(20)10-6-7-10/h2*1-5,10-12,19H,6-8H2/t2*11-,12+/m10/s1. The molecule has 4 heterocycles. The van der Waals surface area contributed by atoms with Gasteiger partial charge in [0.15, 0.2) is 11.6 Å². The number of aliphatic hydroxyl groups is 2. The van der Waals surface area contributed by atoms with E-state index >= 15 is 0 Å². The molecular formula is C30H30N6O4. The maximum absolute atomic E-state index is 12.0. The van der Waals surface area contributed by atoms with Crippen molar-refractivity contribution >= 4 is 11.6 Å². The van der Waals surface area contributed by atoms with Crippen LogP contribution in [-0.2, 0) is 0 Å². The van der Waals surface area contributed by atoms with Gasteiger partial charge < -0.3 is 10.2 Å². The Morgan fingerprint density at radius 2 is 1.00 bits per heavy atom. The molecule has 8 rings (SSSR count). The van der Waals surface area contributed by atoms with Crippen molar-refractivity contribution in [2.75, 3.05) is 0 Å². The van der Waals surface area contributed by atoms with E-state index in [1.54, 1.807) is 9.36 Å². The third kappa shape index (κ3) is 4.56. The molecule has 2 aromatic carbocycles. The highest BCUT2D eigenvalue weighted by molar-refractivity contribution is 5.96. The van der Waals surface area contributed by atoms with Gasteiger partial charge in [0.2, 0.25) is 23.2 Å². The van der Waals surface area contributed by atoms with E-state index in [0.29, 0.717) is 24.5 Å². The third-order valence-electron chi connectivity index (χ3n) is 8.10. The van der Waals surface area contributed by atoms with E-state index in [9.17, 15) is 19.8 Å². The van der Waals surface area contributed by atoms with Gasteiger partial charge in [-0.05, 0) is 36.8 Å². The fourth-order valence-corrected chi connectivity index (χ4v) is 5.59. The average molecular weight is 539 g/mol. The number of nitrogens with zero attached hydrogens (tertiary/aromatic N) is 6. The number of hydrogen-bond donors (Lipinski definition) is 2. The first-order valence-electron chi connectivity index (χ1n) is 13.9. The second kappa shape index (κ2) is 9.87. The summed E-state index contributed by atoms with van der Waals surface area (Å²) in [7, 11) is 0. The van der Waals surface area contributed by atoms with Crippen LogP contribution >= 0.6 is 0 Å². The van der Waals surface area contributed by atoms with Crippen molar-refractivity contribution in [3.8, 4) is 0 Å². The second-order valence-corrected chi connectivity index (χ2v) is 11.1. The van der Waals surface area contributed by atoms with Gasteiger partial charge in [-0.15, -0.1) is 10.2 Å². The molecule has 2 N–H and O–H groups in total. The minimum atomic E-state index is -0.645. The van der Waals surface area contributed by atoms with Crippen molar-refractivity contribution in [2.45, 2.75) is 62.8 Å². The third-order valence-corrected chi connectivity index (χ3v) is 8.10. The summed E-state index contributed by atoms with van der Waals surface area (Å²) >= 11 is 0. The van der Waals surface area contributed by atoms with E-state index in [1.807, 2.05) is 60.7 Å². The first kappa shape index (κ1) is 25.0. The SMILES string of the molecule is O=C(c1nc2n(n1)[C@@H](c1ccccc1)C[C@@H]2O)C1CC1.O=C(c1nc2n(n1)[C@H](c1ccccc1)C[C@H]2O)C1CC1. The summed E-state index contributed by atoms with van der Waals surface area (Å²) in [5.41, 5.74) is 2.17. The maximum atomic E-state index is 12.0. The van der Waals surface area contributed by atoms with E-state index in [4.69, 9.17) is 0 Å². The summed E-state index contributed by atoms with van der Waals surface area (Å²) < 4.78 is 3.44. The van der Waals surface area contributed by atoms with Crippen LogP contribution in [-0.4, -0.2) is 51.3 Å². The molecule has 0 unspecified atom stereocenters. The Kier molecular flexibility index (Phi) is 6.16. The molecule has 40 heavy (non-hydrogen) atoms. The number of aromatic nitrogens is 6. The molecule has 10 nitrogen and oxygen atoms in total. The van der Waals surface area contributed by atoms with Gasteiger partial charge in [0.1, 0.15) is 12.2 Å². The first-order chi connectivity index (χ1) is 19.5. The predicted molar refractivity (Wildman–Crippen MR) is 142 cm³/mol. The van der Waals surface area contributed by atoms with Crippen molar-refractivity contribution in [1.82, 2.24) is 29.5 Å². The lowest BCUT2D eigenvalue weighted by molar-refractivity contribution is 0.0948. The summed E-state index contributed by atoms with van der Waals surface area (Å²) in [5, 5.41) is 29.0. The highest BCUT2D eigenvalue weighted by Crippen LogP contribution is 2.39. The second-order valence-electron chi connectivity index (χ2n) is 11.1. The Bertz CT molecular complexity index is 1440. The van der Waals surface area contributed by atoms with E-state index < -0.39 is 12.2 Å². The quantitative estimate of drug-likeness (QED) is 0.354. The van der Waals surface area contributed by atoms with Crippen LogP contribution in [0.4, 0.5) is 0 Å². The molecule has 0 spiro atoms. The Labute approximate surface area is 230 Å². The fraction of sp³-hybridized carbons (Fsp3) is 0.400. The number of Topliss-reactive ketones (excluding diaryl/α,β-unsaturated/α-hetero) is 2. The molecule has 0 amide bonds. The monoisotopic (exact) mass is 538 g/mol. The van der Waals surface area contributed by atoms with Gasteiger partial charge >= 0.3 is 0 Å². The largest absolute Gasteiger partial charge is 0.385 e. The van der Waals surface area contributed by atoms with Crippen LogP contribution in [0.15, 0.2) is 60.7 Å². The summed E-state index contributed by atoms with van der Waals surface area (Å²) in [6, 6.07) is 19.8. The summed E-state index contributed by atoms with van der Waals surface area (Å²) in [5.74, 6) is 1.81. The number of carbonyl (C=O) groups excluding carboxylic acids is 2. The van der Waals surface area contributed by atoms with Crippen molar-refractivity contribution in [3.05, 3.63) is 95.1 Å². The van der Waals surface area contributed by atoms with Crippen molar-refractivity contribution < 1.29 is 19.8 Å². The Balaban J connectivity index is 0.000000132. The molecule has 10 heteroatoms. The molecule has 2 aromatic heterocycles. The van der Waals surface area contributed by atoms with Crippen LogP contribution in [0.1, 0.15) is 107 Å². The number of ketones is 2. The van der Waals surface area contributed by atoms with Crippen LogP contribution in [0.3, 0.4) is 0 Å². The van der Waals surface area contributed by atoms with Crippen LogP contribution < -0.4 is 0 Å².